The molecule has 0 amide bonds. The standard InChI is InChI=1S/C16H20ClNS/c1-4-8-18-15(16-14(17)7-9-19-16)13-6-5-11(2)10-12(13)3/h5-7,9-10,15,18H,4,8H2,1-3H3. The van der Waals surface area contributed by atoms with E-state index in [1.807, 2.05) is 6.07 Å². The maximum absolute atomic E-state index is 6.32. The highest BCUT2D eigenvalue weighted by molar-refractivity contribution is 7.10. The van der Waals surface area contributed by atoms with Crippen molar-refractivity contribution >= 4 is 22.9 Å². The summed E-state index contributed by atoms with van der Waals surface area (Å²) in [5.41, 5.74) is 3.94. The summed E-state index contributed by atoms with van der Waals surface area (Å²) < 4.78 is 0. The van der Waals surface area contributed by atoms with Gasteiger partial charge in [0.2, 0.25) is 0 Å². The number of hydrogen-bond acceptors (Lipinski definition) is 2. The molecule has 3 heteroatoms. The summed E-state index contributed by atoms with van der Waals surface area (Å²) in [4.78, 5) is 1.21. The molecule has 0 radical (unpaired) electrons. The van der Waals surface area contributed by atoms with Crippen molar-refractivity contribution in [1.82, 2.24) is 5.32 Å². The highest BCUT2D eigenvalue weighted by Gasteiger charge is 2.19. The molecule has 0 bridgehead atoms. The fourth-order valence-corrected chi connectivity index (χ4v) is 3.55. The van der Waals surface area contributed by atoms with Crippen molar-refractivity contribution in [3.8, 4) is 0 Å². The molecule has 0 fully saturated rings. The Labute approximate surface area is 124 Å². The Morgan fingerprint density at radius 1 is 1.26 bits per heavy atom. The molecule has 0 saturated carbocycles. The maximum Gasteiger partial charge on any atom is 0.0688 e. The van der Waals surface area contributed by atoms with E-state index in [9.17, 15) is 0 Å². The lowest BCUT2D eigenvalue weighted by Gasteiger charge is -2.20. The summed E-state index contributed by atoms with van der Waals surface area (Å²) in [6.07, 6.45) is 1.12. The molecule has 0 saturated heterocycles. The molecule has 19 heavy (non-hydrogen) atoms. The second-order valence-electron chi connectivity index (χ2n) is 4.88. The van der Waals surface area contributed by atoms with E-state index in [0.717, 1.165) is 18.0 Å². The van der Waals surface area contributed by atoms with Crippen LogP contribution in [0.3, 0.4) is 0 Å². The Balaban J connectivity index is 2.40. The van der Waals surface area contributed by atoms with Gasteiger partial charge in [-0.1, -0.05) is 42.3 Å². The van der Waals surface area contributed by atoms with Gasteiger partial charge in [-0.3, -0.25) is 0 Å². The highest BCUT2D eigenvalue weighted by Crippen LogP contribution is 2.34. The van der Waals surface area contributed by atoms with Gasteiger partial charge >= 0.3 is 0 Å². The largest absolute Gasteiger partial charge is 0.306 e. The van der Waals surface area contributed by atoms with Gasteiger partial charge < -0.3 is 5.32 Å². The van der Waals surface area contributed by atoms with Crippen LogP contribution in [0.15, 0.2) is 29.6 Å². The molecule has 0 aliphatic heterocycles. The molecule has 0 aliphatic rings. The third-order valence-electron chi connectivity index (χ3n) is 3.24. The fraction of sp³-hybridized carbons (Fsp3) is 0.375. The molecule has 1 unspecified atom stereocenters. The van der Waals surface area contributed by atoms with Crippen LogP contribution in [0.5, 0.6) is 0 Å². The van der Waals surface area contributed by atoms with Crippen LogP contribution in [0.4, 0.5) is 0 Å². The van der Waals surface area contributed by atoms with Crippen molar-refractivity contribution in [1.29, 1.82) is 0 Å². The number of nitrogens with one attached hydrogen (secondary N) is 1. The van der Waals surface area contributed by atoms with Crippen LogP contribution in [-0.2, 0) is 0 Å². The van der Waals surface area contributed by atoms with Crippen LogP contribution in [0.25, 0.3) is 0 Å². The quantitative estimate of drug-likeness (QED) is 0.808. The Kier molecular flexibility index (Phi) is 5.03. The number of rotatable bonds is 5. The molecule has 2 rings (SSSR count). The Morgan fingerprint density at radius 2 is 2.05 bits per heavy atom. The lowest BCUT2D eigenvalue weighted by molar-refractivity contribution is 0.603. The Bertz CT molecular complexity index is 547. The van der Waals surface area contributed by atoms with Gasteiger partial charge in [0.05, 0.1) is 11.1 Å². The molecule has 102 valence electrons. The van der Waals surface area contributed by atoms with Crippen LogP contribution in [0.1, 0.15) is 41.0 Å². The SMILES string of the molecule is CCCNC(c1ccc(C)cc1C)c1sccc1Cl. The molecule has 1 aromatic heterocycles. The van der Waals surface area contributed by atoms with Crippen molar-refractivity contribution in [3.63, 3.8) is 0 Å². The van der Waals surface area contributed by atoms with Crippen molar-refractivity contribution in [2.24, 2.45) is 0 Å². The first kappa shape index (κ1) is 14.6. The number of benzene rings is 1. The van der Waals surface area contributed by atoms with Gasteiger partial charge in [0, 0.05) is 4.88 Å². The summed E-state index contributed by atoms with van der Waals surface area (Å²) in [5.74, 6) is 0. The normalized spacial score (nSPS) is 12.6. The van der Waals surface area contributed by atoms with E-state index in [0.29, 0.717) is 0 Å². The molecule has 1 atom stereocenters. The van der Waals surface area contributed by atoms with E-state index in [4.69, 9.17) is 11.6 Å². The lowest BCUT2D eigenvalue weighted by atomic mass is 9.98. The molecule has 1 aromatic carbocycles. The smallest absolute Gasteiger partial charge is 0.0688 e. The average molecular weight is 294 g/mol. The zero-order valence-electron chi connectivity index (χ0n) is 11.7. The topological polar surface area (TPSA) is 12.0 Å². The first-order chi connectivity index (χ1) is 9.13. The van der Waals surface area contributed by atoms with Gasteiger partial charge in [-0.25, -0.2) is 0 Å². The summed E-state index contributed by atoms with van der Waals surface area (Å²) >= 11 is 8.04. The van der Waals surface area contributed by atoms with E-state index in [-0.39, 0.29) is 6.04 Å². The van der Waals surface area contributed by atoms with E-state index >= 15 is 0 Å². The van der Waals surface area contributed by atoms with Crippen molar-refractivity contribution < 1.29 is 0 Å². The number of halogens is 1. The average Bonchev–Trinajstić information content (AvgIpc) is 2.78. The molecule has 1 nitrogen and oxygen atoms in total. The van der Waals surface area contributed by atoms with Gasteiger partial charge in [-0.15, -0.1) is 11.3 Å². The van der Waals surface area contributed by atoms with Crippen molar-refractivity contribution in [3.05, 3.63) is 56.2 Å². The molecular formula is C16H20ClNS. The lowest BCUT2D eigenvalue weighted by Crippen LogP contribution is -2.23. The second-order valence-corrected chi connectivity index (χ2v) is 6.23. The van der Waals surface area contributed by atoms with Crippen molar-refractivity contribution in [2.45, 2.75) is 33.2 Å². The third kappa shape index (κ3) is 3.38. The number of thiophene rings is 1. The molecule has 0 aliphatic carbocycles. The van der Waals surface area contributed by atoms with Crippen LogP contribution in [0.2, 0.25) is 5.02 Å². The van der Waals surface area contributed by atoms with Crippen LogP contribution in [0, 0.1) is 13.8 Å². The first-order valence-corrected chi connectivity index (χ1v) is 7.92. The zero-order chi connectivity index (χ0) is 13.8. The predicted octanol–water partition coefficient (Wildman–Crippen LogP) is 5.11. The van der Waals surface area contributed by atoms with Gasteiger partial charge in [0.15, 0.2) is 0 Å². The van der Waals surface area contributed by atoms with E-state index in [1.165, 1.54) is 21.6 Å². The van der Waals surface area contributed by atoms with Gasteiger partial charge in [-0.05, 0) is 49.4 Å². The van der Waals surface area contributed by atoms with E-state index in [1.54, 1.807) is 11.3 Å². The third-order valence-corrected chi connectivity index (χ3v) is 4.67. The Hall–Kier alpha value is -0.830. The predicted molar refractivity (Wildman–Crippen MR) is 85.4 cm³/mol. The molecule has 1 N–H and O–H groups in total. The molecule has 2 aromatic rings. The minimum Gasteiger partial charge on any atom is -0.306 e. The van der Waals surface area contributed by atoms with Gasteiger partial charge in [-0.2, -0.15) is 0 Å². The zero-order valence-corrected chi connectivity index (χ0v) is 13.2. The van der Waals surface area contributed by atoms with Gasteiger partial charge in [0.1, 0.15) is 0 Å². The monoisotopic (exact) mass is 293 g/mol. The van der Waals surface area contributed by atoms with Crippen LogP contribution >= 0.6 is 22.9 Å². The van der Waals surface area contributed by atoms with Crippen LogP contribution < -0.4 is 5.32 Å². The maximum atomic E-state index is 6.32. The first-order valence-electron chi connectivity index (χ1n) is 6.67. The number of aryl methyl sites for hydroxylation is 2. The van der Waals surface area contributed by atoms with Crippen LogP contribution in [-0.4, -0.2) is 6.54 Å². The van der Waals surface area contributed by atoms with E-state index in [2.05, 4.69) is 49.7 Å². The minimum atomic E-state index is 0.202. The molecule has 1 heterocycles. The van der Waals surface area contributed by atoms with E-state index < -0.39 is 0 Å². The molecule has 0 spiro atoms. The number of hydrogen-bond donors (Lipinski definition) is 1. The Morgan fingerprint density at radius 3 is 2.63 bits per heavy atom. The van der Waals surface area contributed by atoms with Crippen molar-refractivity contribution in [2.75, 3.05) is 6.54 Å². The summed E-state index contributed by atoms with van der Waals surface area (Å²) in [6, 6.07) is 8.80. The molecular weight excluding hydrogens is 274 g/mol. The minimum absolute atomic E-state index is 0.202. The summed E-state index contributed by atoms with van der Waals surface area (Å²) in [6.45, 7) is 7.47. The van der Waals surface area contributed by atoms with Gasteiger partial charge in [0.25, 0.3) is 0 Å². The summed E-state index contributed by atoms with van der Waals surface area (Å²) in [7, 11) is 0. The second kappa shape index (κ2) is 6.56. The fourth-order valence-electron chi connectivity index (χ4n) is 2.29. The highest BCUT2D eigenvalue weighted by atomic mass is 35.5. The summed E-state index contributed by atoms with van der Waals surface area (Å²) in [5, 5.41) is 6.53.